The average Bonchev–Trinajstić information content (AvgIpc) is 3.14. The number of hydrogen-bond donors (Lipinski definition) is 1. The summed E-state index contributed by atoms with van der Waals surface area (Å²) >= 11 is 5.14. The lowest BCUT2D eigenvalue weighted by Crippen LogP contribution is -2.24. The fraction of sp³-hybridized carbons (Fsp3) is 0.267. The molecule has 1 heterocycles. The van der Waals surface area contributed by atoms with E-state index in [1.165, 1.54) is 10.4 Å². The second-order valence-electron chi connectivity index (χ2n) is 4.77. The number of benzene rings is 1. The molecular weight excluding hydrogens is 322 g/mol. The lowest BCUT2D eigenvalue weighted by atomic mass is 10.1. The van der Waals surface area contributed by atoms with Gasteiger partial charge in [0.2, 0.25) is 5.91 Å². The maximum absolute atomic E-state index is 12.1. The number of rotatable bonds is 4. The SMILES string of the molecule is O=C(NCc1sccc1Br)C1CC1c1ccccc1. The summed E-state index contributed by atoms with van der Waals surface area (Å²) in [6.07, 6.45) is 0.974. The van der Waals surface area contributed by atoms with Crippen LogP contribution in [0.3, 0.4) is 0 Å². The van der Waals surface area contributed by atoms with E-state index in [2.05, 4.69) is 33.4 Å². The molecule has 2 aromatic rings. The van der Waals surface area contributed by atoms with Crippen LogP contribution in [0.15, 0.2) is 46.3 Å². The Morgan fingerprint density at radius 3 is 2.79 bits per heavy atom. The van der Waals surface area contributed by atoms with Crippen LogP contribution in [-0.2, 0) is 11.3 Å². The van der Waals surface area contributed by atoms with Gasteiger partial charge in [-0.05, 0) is 45.3 Å². The Morgan fingerprint density at radius 1 is 1.32 bits per heavy atom. The van der Waals surface area contributed by atoms with Crippen molar-refractivity contribution in [2.45, 2.75) is 18.9 Å². The van der Waals surface area contributed by atoms with Crippen LogP contribution in [-0.4, -0.2) is 5.91 Å². The highest BCUT2D eigenvalue weighted by Gasteiger charge is 2.43. The van der Waals surface area contributed by atoms with E-state index in [9.17, 15) is 4.79 Å². The highest BCUT2D eigenvalue weighted by molar-refractivity contribution is 9.10. The summed E-state index contributed by atoms with van der Waals surface area (Å²) in [7, 11) is 0. The summed E-state index contributed by atoms with van der Waals surface area (Å²) in [5, 5.41) is 5.05. The van der Waals surface area contributed by atoms with E-state index in [-0.39, 0.29) is 11.8 Å². The first kappa shape index (κ1) is 12.9. The van der Waals surface area contributed by atoms with Crippen LogP contribution in [0.25, 0.3) is 0 Å². The summed E-state index contributed by atoms with van der Waals surface area (Å²) in [4.78, 5) is 13.2. The first-order chi connectivity index (χ1) is 9.25. The molecule has 0 saturated heterocycles. The number of amides is 1. The van der Waals surface area contributed by atoms with Gasteiger partial charge >= 0.3 is 0 Å². The van der Waals surface area contributed by atoms with Gasteiger partial charge in [0.1, 0.15) is 0 Å². The lowest BCUT2D eigenvalue weighted by Gasteiger charge is -2.04. The van der Waals surface area contributed by atoms with Crippen molar-refractivity contribution in [2.75, 3.05) is 0 Å². The molecule has 1 fully saturated rings. The van der Waals surface area contributed by atoms with Gasteiger partial charge in [0, 0.05) is 15.3 Å². The van der Waals surface area contributed by atoms with Gasteiger partial charge in [-0.15, -0.1) is 11.3 Å². The predicted molar refractivity (Wildman–Crippen MR) is 81.2 cm³/mol. The van der Waals surface area contributed by atoms with Gasteiger partial charge in [-0.3, -0.25) is 4.79 Å². The quantitative estimate of drug-likeness (QED) is 0.901. The molecule has 4 heteroatoms. The molecule has 1 aliphatic rings. The third kappa shape index (κ3) is 2.90. The second kappa shape index (κ2) is 5.47. The summed E-state index contributed by atoms with van der Waals surface area (Å²) in [6, 6.07) is 12.3. The monoisotopic (exact) mass is 335 g/mol. The van der Waals surface area contributed by atoms with Gasteiger partial charge in [-0.1, -0.05) is 30.3 Å². The van der Waals surface area contributed by atoms with Crippen molar-refractivity contribution >= 4 is 33.2 Å². The average molecular weight is 336 g/mol. The second-order valence-corrected chi connectivity index (χ2v) is 6.62. The van der Waals surface area contributed by atoms with E-state index < -0.39 is 0 Å². The summed E-state index contributed by atoms with van der Waals surface area (Å²) in [6.45, 7) is 0.620. The molecule has 2 atom stereocenters. The smallest absolute Gasteiger partial charge is 0.224 e. The normalized spacial score (nSPS) is 21.1. The number of thiophene rings is 1. The Labute approximate surface area is 125 Å². The van der Waals surface area contributed by atoms with Crippen LogP contribution in [0.4, 0.5) is 0 Å². The number of carbonyl (C=O) groups is 1. The van der Waals surface area contributed by atoms with Crippen molar-refractivity contribution in [1.29, 1.82) is 0 Å². The fourth-order valence-electron chi connectivity index (χ4n) is 2.30. The molecule has 0 bridgehead atoms. The summed E-state index contributed by atoms with van der Waals surface area (Å²) < 4.78 is 1.08. The highest BCUT2D eigenvalue weighted by atomic mass is 79.9. The Morgan fingerprint density at radius 2 is 2.11 bits per heavy atom. The van der Waals surface area contributed by atoms with Crippen molar-refractivity contribution in [2.24, 2.45) is 5.92 Å². The molecule has 98 valence electrons. The van der Waals surface area contributed by atoms with E-state index >= 15 is 0 Å². The maximum atomic E-state index is 12.1. The van der Waals surface area contributed by atoms with Crippen molar-refractivity contribution < 1.29 is 4.79 Å². The molecule has 1 amide bonds. The summed E-state index contributed by atoms with van der Waals surface area (Å²) in [5.41, 5.74) is 1.28. The molecule has 1 N–H and O–H groups in total. The first-order valence-electron chi connectivity index (χ1n) is 6.30. The Hall–Kier alpha value is -1.13. The van der Waals surface area contributed by atoms with E-state index in [4.69, 9.17) is 0 Å². The number of nitrogens with one attached hydrogen (secondary N) is 1. The molecule has 2 nitrogen and oxygen atoms in total. The Bertz CT molecular complexity index is 581. The molecule has 1 aromatic heterocycles. The van der Waals surface area contributed by atoms with Gasteiger partial charge in [0.05, 0.1) is 6.54 Å². The molecule has 0 spiro atoms. The minimum absolute atomic E-state index is 0.154. The molecule has 0 aliphatic heterocycles. The van der Waals surface area contributed by atoms with E-state index in [0.29, 0.717) is 12.5 Å². The standard InChI is InChI=1S/C15H14BrNOS/c16-13-6-7-19-14(13)9-17-15(18)12-8-11(12)10-4-2-1-3-5-10/h1-7,11-12H,8-9H2,(H,17,18). The molecule has 1 aromatic carbocycles. The van der Waals surface area contributed by atoms with E-state index in [1.807, 2.05) is 29.6 Å². The molecule has 1 saturated carbocycles. The zero-order valence-electron chi connectivity index (χ0n) is 10.3. The molecule has 0 radical (unpaired) electrons. The molecule has 19 heavy (non-hydrogen) atoms. The maximum Gasteiger partial charge on any atom is 0.224 e. The minimum Gasteiger partial charge on any atom is -0.351 e. The van der Waals surface area contributed by atoms with Crippen LogP contribution in [0, 0.1) is 5.92 Å². The minimum atomic E-state index is 0.154. The van der Waals surface area contributed by atoms with Crippen molar-refractivity contribution in [3.05, 3.63) is 56.7 Å². The van der Waals surface area contributed by atoms with Crippen LogP contribution < -0.4 is 5.32 Å². The van der Waals surface area contributed by atoms with Crippen LogP contribution >= 0.6 is 27.3 Å². The Kier molecular flexibility index (Phi) is 3.71. The van der Waals surface area contributed by atoms with Gasteiger partial charge in [-0.25, -0.2) is 0 Å². The van der Waals surface area contributed by atoms with E-state index in [1.54, 1.807) is 11.3 Å². The van der Waals surface area contributed by atoms with Gasteiger partial charge < -0.3 is 5.32 Å². The van der Waals surface area contributed by atoms with Crippen molar-refractivity contribution in [3.8, 4) is 0 Å². The van der Waals surface area contributed by atoms with Crippen LogP contribution in [0.2, 0.25) is 0 Å². The van der Waals surface area contributed by atoms with Crippen molar-refractivity contribution in [1.82, 2.24) is 5.32 Å². The van der Waals surface area contributed by atoms with Gasteiger partial charge in [-0.2, -0.15) is 0 Å². The largest absolute Gasteiger partial charge is 0.351 e. The number of hydrogen-bond acceptors (Lipinski definition) is 2. The first-order valence-corrected chi connectivity index (χ1v) is 7.97. The van der Waals surface area contributed by atoms with Gasteiger partial charge in [0.15, 0.2) is 0 Å². The number of halogens is 1. The third-order valence-electron chi connectivity index (χ3n) is 3.47. The Balaban J connectivity index is 1.55. The summed E-state index contributed by atoms with van der Waals surface area (Å²) in [5.74, 6) is 0.739. The zero-order chi connectivity index (χ0) is 13.2. The number of carbonyl (C=O) groups excluding carboxylic acids is 1. The fourth-order valence-corrected chi connectivity index (χ4v) is 3.74. The highest BCUT2D eigenvalue weighted by Crippen LogP contribution is 2.47. The molecular formula is C15H14BrNOS. The van der Waals surface area contributed by atoms with Gasteiger partial charge in [0.25, 0.3) is 0 Å². The van der Waals surface area contributed by atoms with Crippen LogP contribution in [0.1, 0.15) is 22.8 Å². The third-order valence-corrected chi connectivity index (χ3v) is 5.40. The lowest BCUT2D eigenvalue weighted by molar-refractivity contribution is -0.122. The van der Waals surface area contributed by atoms with E-state index in [0.717, 1.165) is 10.9 Å². The zero-order valence-corrected chi connectivity index (χ0v) is 12.7. The predicted octanol–water partition coefficient (Wildman–Crippen LogP) is 3.93. The van der Waals surface area contributed by atoms with Crippen molar-refractivity contribution in [3.63, 3.8) is 0 Å². The molecule has 1 aliphatic carbocycles. The topological polar surface area (TPSA) is 29.1 Å². The molecule has 3 rings (SSSR count). The molecule has 2 unspecified atom stereocenters. The van der Waals surface area contributed by atoms with Crippen LogP contribution in [0.5, 0.6) is 0 Å².